The van der Waals surface area contributed by atoms with Crippen molar-refractivity contribution in [2.75, 3.05) is 45.2 Å². The number of aromatic nitrogens is 3. The summed E-state index contributed by atoms with van der Waals surface area (Å²) in [4.78, 5) is 22.0. The first kappa shape index (κ1) is 22.5. The zero-order chi connectivity index (χ0) is 22.6. The molecular formula is C23H28N6O2S2. The van der Waals surface area contributed by atoms with Crippen molar-refractivity contribution in [2.45, 2.75) is 31.9 Å². The topological polar surface area (TPSA) is 83.5 Å². The molecule has 3 aromatic rings. The molecule has 2 aliphatic rings. The van der Waals surface area contributed by atoms with E-state index in [1.165, 1.54) is 16.9 Å². The summed E-state index contributed by atoms with van der Waals surface area (Å²) in [5, 5.41) is 15.3. The normalized spacial score (nSPS) is 19.7. The minimum atomic E-state index is -0.135. The van der Waals surface area contributed by atoms with Crippen LogP contribution in [0.1, 0.15) is 35.2 Å². The lowest BCUT2D eigenvalue weighted by molar-refractivity contribution is -0.115. The number of nitrogens with zero attached hydrogens (tertiary/aromatic N) is 5. The van der Waals surface area contributed by atoms with Crippen molar-refractivity contribution in [3.05, 3.63) is 45.9 Å². The Balaban J connectivity index is 1.14. The molecule has 0 bridgehead atoms. The molecule has 1 N–H and O–H groups in total. The summed E-state index contributed by atoms with van der Waals surface area (Å²) in [6, 6.07) is 8.62. The van der Waals surface area contributed by atoms with Crippen LogP contribution in [-0.2, 0) is 22.5 Å². The molecule has 174 valence electrons. The smallest absolute Gasteiger partial charge is 0.232 e. The second-order valence-electron chi connectivity index (χ2n) is 8.59. The van der Waals surface area contributed by atoms with Crippen LogP contribution in [-0.4, -0.2) is 70.7 Å². The number of piperazine rings is 1. The molecule has 1 unspecified atom stereocenters. The average Bonchev–Trinajstić information content (AvgIpc) is 3.58. The van der Waals surface area contributed by atoms with Gasteiger partial charge < -0.3 is 15.0 Å². The third kappa shape index (κ3) is 5.82. The Morgan fingerprint density at radius 3 is 2.76 bits per heavy atom. The number of anilines is 1. The standard InChI is InChI=1S/C23H28N6O2S2/c1-28-8-10-29(11-9-28)14-16-4-6-17(7-5-16)21-24-18(15-32-21)13-20(30)25-23-27-26-22(33-23)19-3-2-12-31-19/h4-7,15,19H,2-3,8-14H2,1H3,(H,25,27,30). The predicted octanol–water partition coefficient (Wildman–Crippen LogP) is 3.44. The Labute approximate surface area is 201 Å². The molecule has 2 fully saturated rings. The summed E-state index contributed by atoms with van der Waals surface area (Å²) < 4.78 is 5.63. The molecule has 5 rings (SSSR count). The fraction of sp³-hybridized carbons (Fsp3) is 0.478. The molecular weight excluding hydrogens is 456 g/mol. The molecule has 2 aliphatic heterocycles. The van der Waals surface area contributed by atoms with Crippen LogP contribution < -0.4 is 5.32 Å². The Bertz CT molecular complexity index is 1070. The van der Waals surface area contributed by atoms with Crippen LogP contribution in [0.15, 0.2) is 29.6 Å². The van der Waals surface area contributed by atoms with E-state index in [1.807, 2.05) is 5.38 Å². The number of hydrogen-bond donors (Lipinski definition) is 1. The first-order valence-electron chi connectivity index (χ1n) is 11.3. The van der Waals surface area contributed by atoms with Gasteiger partial charge in [-0.25, -0.2) is 4.98 Å². The van der Waals surface area contributed by atoms with E-state index in [0.29, 0.717) is 5.13 Å². The van der Waals surface area contributed by atoms with Gasteiger partial charge in [-0.3, -0.25) is 9.69 Å². The number of amides is 1. The van der Waals surface area contributed by atoms with Gasteiger partial charge in [0, 0.05) is 50.3 Å². The summed E-state index contributed by atoms with van der Waals surface area (Å²) in [7, 11) is 2.18. The van der Waals surface area contributed by atoms with E-state index in [2.05, 4.69) is 61.6 Å². The molecule has 2 saturated heterocycles. The summed E-state index contributed by atoms with van der Waals surface area (Å²) in [6.45, 7) is 6.23. The lowest BCUT2D eigenvalue weighted by atomic mass is 10.1. The molecule has 10 heteroatoms. The minimum Gasteiger partial charge on any atom is -0.371 e. The van der Waals surface area contributed by atoms with E-state index in [-0.39, 0.29) is 18.4 Å². The second kappa shape index (κ2) is 10.4. The van der Waals surface area contributed by atoms with Crippen LogP contribution >= 0.6 is 22.7 Å². The van der Waals surface area contributed by atoms with Crippen LogP contribution in [0.5, 0.6) is 0 Å². The highest BCUT2D eigenvalue weighted by Gasteiger charge is 2.22. The third-order valence-corrected chi connectivity index (χ3v) is 7.86. The first-order chi connectivity index (χ1) is 16.1. The Morgan fingerprint density at radius 1 is 1.18 bits per heavy atom. The van der Waals surface area contributed by atoms with E-state index in [4.69, 9.17) is 4.74 Å². The molecule has 0 spiro atoms. The largest absolute Gasteiger partial charge is 0.371 e. The number of carbonyl (C=O) groups is 1. The maximum absolute atomic E-state index is 12.5. The van der Waals surface area contributed by atoms with Gasteiger partial charge in [-0.2, -0.15) is 0 Å². The summed E-state index contributed by atoms with van der Waals surface area (Å²) in [6.07, 6.45) is 2.23. The van der Waals surface area contributed by atoms with Crippen LogP contribution in [0.25, 0.3) is 10.6 Å². The van der Waals surface area contributed by atoms with Gasteiger partial charge in [-0.1, -0.05) is 35.6 Å². The SMILES string of the molecule is CN1CCN(Cc2ccc(-c3nc(CC(=O)Nc4nnc(C5CCCO5)s4)cs3)cc2)CC1. The highest BCUT2D eigenvalue weighted by molar-refractivity contribution is 7.15. The lowest BCUT2D eigenvalue weighted by Crippen LogP contribution is -2.43. The average molecular weight is 485 g/mol. The Kier molecular flexibility index (Phi) is 7.07. The summed E-state index contributed by atoms with van der Waals surface area (Å²) in [5.74, 6) is -0.135. The van der Waals surface area contributed by atoms with Crippen molar-refractivity contribution in [2.24, 2.45) is 0 Å². The van der Waals surface area contributed by atoms with Gasteiger partial charge in [0.15, 0.2) is 0 Å². The molecule has 1 atom stereocenters. The van der Waals surface area contributed by atoms with Crippen molar-refractivity contribution in [1.29, 1.82) is 0 Å². The maximum Gasteiger partial charge on any atom is 0.232 e. The molecule has 0 aliphatic carbocycles. The minimum absolute atomic E-state index is 0.0159. The van der Waals surface area contributed by atoms with Gasteiger partial charge in [0.05, 0.1) is 12.1 Å². The van der Waals surface area contributed by atoms with E-state index in [9.17, 15) is 4.79 Å². The maximum atomic E-state index is 12.5. The Morgan fingerprint density at radius 2 is 2.00 bits per heavy atom. The lowest BCUT2D eigenvalue weighted by Gasteiger charge is -2.32. The molecule has 0 radical (unpaired) electrons. The quantitative estimate of drug-likeness (QED) is 0.550. The summed E-state index contributed by atoms with van der Waals surface area (Å²) in [5.41, 5.74) is 3.16. The number of benzene rings is 1. The van der Waals surface area contributed by atoms with Crippen LogP contribution in [0.2, 0.25) is 0 Å². The zero-order valence-electron chi connectivity index (χ0n) is 18.7. The number of nitrogens with one attached hydrogen (secondary N) is 1. The summed E-state index contributed by atoms with van der Waals surface area (Å²) >= 11 is 2.95. The number of likely N-dealkylation sites (N-methyl/N-ethyl adjacent to an activating group) is 1. The molecule has 2 aromatic heterocycles. The van der Waals surface area contributed by atoms with Crippen LogP contribution in [0, 0.1) is 0 Å². The second-order valence-corrected chi connectivity index (χ2v) is 10.5. The number of thiazole rings is 1. The highest BCUT2D eigenvalue weighted by Crippen LogP contribution is 2.32. The van der Waals surface area contributed by atoms with Gasteiger partial charge >= 0.3 is 0 Å². The van der Waals surface area contributed by atoms with Crippen molar-refractivity contribution >= 4 is 33.7 Å². The number of ether oxygens (including phenoxy) is 1. The van der Waals surface area contributed by atoms with Crippen LogP contribution in [0.4, 0.5) is 5.13 Å². The zero-order valence-corrected chi connectivity index (χ0v) is 20.3. The number of rotatable bonds is 7. The third-order valence-electron chi connectivity index (χ3n) is 5.99. The Hall–Kier alpha value is -2.24. The predicted molar refractivity (Wildman–Crippen MR) is 130 cm³/mol. The van der Waals surface area contributed by atoms with Gasteiger partial charge in [0.2, 0.25) is 11.0 Å². The van der Waals surface area contributed by atoms with E-state index in [0.717, 1.165) is 73.4 Å². The van der Waals surface area contributed by atoms with E-state index >= 15 is 0 Å². The molecule has 8 nitrogen and oxygen atoms in total. The molecule has 1 amide bonds. The molecule has 4 heterocycles. The van der Waals surface area contributed by atoms with E-state index < -0.39 is 0 Å². The van der Waals surface area contributed by atoms with Crippen molar-refractivity contribution in [3.8, 4) is 10.6 Å². The molecule has 0 saturated carbocycles. The van der Waals surface area contributed by atoms with Gasteiger partial charge in [-0.15, -0.1) is 21.5 Å². The molecule has 33 heavy (non-hydrogen) atoms. The van der Waals surface area contributed by atoms with Crippen molar-refractivity contribution in [3.63, 3.8) is 0 Å². The van der Waals surface area contributed by atoms with Gasteiger partial charge in [-0.05, 0) is 25.5 Å². The highest BCUT2D eigenvalue weighted by atomic mass is 32.1. The van der Waals surface area contributed by atoms with Crippen molar-refractivity contribution in [1.82, 2.24) is 25.0 Å². The van der Waals surface area contributed by atoms with Gasteiger partial charge in [0.25, 0.3) is 0 Å². The number of carbonyl (C=O) groups excluding carboxylic acids is 1. The van der Waals surface area contributed by atoms with Crippen molar-refractivity contribution < 1.29 is 9.53 Å². The fourth-order valence-corrected chi connectivity index (χ4v) is 5.72. The van der Waals surface area contributed by atoms with E-state index in [1.54, 1.807) is 11.3 Å². The number of hydrogen-bond acceptors (Lipinski definition) is 9. The monoisotopic (exact) mass is 484 g/mol. The fourth-order valence-electron chi connectivity index (χ4n) is 4.05. The van der Waals surface area contributed by atoms with Gasteiger partial charge in [0.1, 0.15) is 16.1 Å². The first-order valence-corrected chi connectivity index (χ1v) is 13.0. The van der Waals surface area contributed by atoms with Crippen LogP contribution in [0.3, 0.4) is 0 Å². The molecule has 1 aromatic carbocycles.